The second kappa shape index (κ2) is 6.12. The van der Waals surface area contributed by atoms with E-state index in [9.17, 15) is 8.78 Å². The van der Waals surface area contributed by atoms with Crippen molar-refractivity contribution >= 4 is 11.8 Å². The van der Waals surface area contributed by atoms with Crippen LogP contribution >= 0.6 is 11.8 Å². The molecule has 0 amide bonds. The summed E-state index contributed by atoms with van der Waals surface area (Å²) < 4.78 is 31.0. The van der Waals surface area contributed by atoms with Crippen LogP contribution < -0.4 is 5.73 Å². The highest BCUT2D eigenvalue weighted by Gasteiger charge is 2.16. The molecule has 4 nitrogen and oxygen atoms in total. The molecule has 0 aliphatic heterocycles. The second-order valence-corrected chi connectivity index (χ2v) is 4.96. The molecule has 19 heavy (non-hydrogen) atoms. The number of thioether (sulfide) groups is 1. The molecule has 0 fully saturated rings. The summed E-state index contributed by atoms with van der Waals surface area (Å²) in [5, 5.41) is 3.72. The molecule has 0 bridgehead atoms. The maximum absolute atomic E-state index is 13.1. The van der Waals surface area contributed by atoms with Crippen molar-refractivity contribution in [1.29, 1.82) is 0 Å². The Morgan fingerprint density at radius 1 is 1.37 bits per heavy atom. The van der Waals surface area contributed by atoms with Crippen molar-refractivity contribution in [3.63, 3.8) is 0 Å². The maximum Gasteiger partial charge on any atom is 0.243 e. The summed E-state index contributed by atoms with van der Waals surface area (Å²) in [6.07, 6.45) is 2.69. The Bertz CT molecular complexity index is 562. The van der Waals surface area contributed by atoms with E-state index in [2.05, 4.69) is 10.1 Å². The van der Waals surface area contributed by atoms with Gasteiger partial charge in [0.05, 0.1) is 6.04 Å². The summed E-state index contributed by atoms with van der Waals surface area (Å²) in [6, 6.07) is 3.09. The first-order chi connectivity index (χ1) is 9.11. The van der Waals surface area contributed by atoms with E-state index in [0.29, 0.717) is 17.9 Å². The molecule has 7 heteroatoms. The Labute approximate surface area is 113 Å². The molecular weight excluding hydrogens is 272 g/mol. The average molecular weight is 285 g/mol. The van der Waals surface area contributed by atoms with E-state index in [4.69, 9.17) is 10.3 Å². The molecule has 102 valence electrons. The maximum atomic E-state index is 13.1. The van der Waals surface area contributed by atoms with Gasteiger partial charge < -0.3 is 10.3 Å². The van der Waals surface area contributed by atoms with Crippen LogP contribution in [0.25, 0.3) is 11.4 Å². The Hall–Kier alpha value is -1.47. The lowest BCUT2D eigenvalue weighted by atomic mass is 10.2. The number of benzene rings is 1. The zero-order valence-corrected chi connectivity index (χ0v) is 11.1. The van der Waals surface area contributed by atoms with Crippen LogP contribution in [-0.4, -0.2) is 22.1 Å². The SMILES string of the molecule is CSCC[C@@H](N)c1nc(-c2ccc(F)c(F)c2)no1. The van der Waals surface area contributed by atoms with Crippen LogP contribution in [0.4, 0.5) is 8.78 Å². The zero-order chi connectivity index (χ0) is 13.8. The molecule has 0 aliphatic carbocycles. The van der Waals surface area contributed by atoms with Gasteiger partial charge in [-0.1, -0.05) is 5.16 Å². The van der Waals surface area contributed by atoms with E-state index in [-0.39, 0.29) is 11.9 Å². The minimum atomic E-state index is -0.949. The molecule has 2 N–H and O–H groups in total. The third-order valence-electron chi connectivity index (χ3n) is 2.57. The van der Waals surface area contributed by atoms with Crippen molar-refractivity contribution in [1.82, 2.24) is 10.1 Å². The van der Waals surface area contributed by atoms with Crippen molar-refractivity contribution in [3.05, 3.63) is 35.7 Å². The molecule has 0 saturated heterocycles. The topological polar surface area (TPSA) is 64.9 Å². The molecule has 1 aromatic heterocycles. The van der Waals surface area contributed by atoms with Crippen LogP contribution in [0.5, 0.6) is 0 Å². The van der Waals surface area contributed by atoms with Crippen LogP contribution in [0.1, 0.15) is 18.4 Å². The summed E-state index contributed by atoms with van der Waals surface area (Å²) in [4.78, 5) is 4.10. The van der Waals surface area contributed by atoms with Gasteiger partial charge in [0.2, 0.25) is 11.7 Å². The fourth-order valence-electron chi connectivity index (χ4n) is 1.51. The van der Waals surface area contributed by atoms with E-state index in [0.717, 1.165) is 17.9 Å². The minimum Gasteiger partial charge on any atom is -0.337 e. The van der Waals surface area contributed by atoms with E-state index in [1.54, 1.807) is 11.8 Å². The molecule has 2 aromatic rings. The summed E-state index contributed by atoms with van der Waals surface area (Å²) in [5.41, 5.74) is 6.24. The lowest BCUT2D eigenvalue weighted by Gasteiger charge is -2.03. The highest BCUT2D eigenvalue weighted by molar-refractivity contribution is 7.98. The van der Waals surface area contributed by atoms with Gasteiger partial charge in [-0.25, -0.2) is 8.78 Å². The highest BCUT2D eigenvalue weighted by Crippen LogP contribution is 2.21. The molecular formula is C12H13F2N3OS. The summed E-state index contributed by atoms with van der Waals surface area (Å²) in [7, 11) is 0. The normalized spacial score (nSPS) is 12.6. The molecule has 1 atom stereocenters. The third-order valence-corrected chi connectivity index (χ3v) is 3.21. The lowest BCUT2D eigenvalue weighted by molar-refractivity contribution is 0.353. The number of halogens is 2. The monoisotopic (exact) mass is 285 g/mol. The van der Waals surface area contributed by atoms with Gasteiger partial charge in [0.1, 0.15) is 0 Å². The van der Waals surface area contributed by atoms with Crippen molar-refractivity contribution in [2.24, 2.45) is 5.73 Å². The standard InChI is InChI=1S/C12H13F2N3OS/c1-19-5-4-10(15)12-16-11(17-18-12)7-2-3-8(13)9(14)6-7/h2-3,6,10H,4-5,15H2,1H3/t10-/m1/s1. The Kier molecular flexibility index (Phi) is 4.49. The van der Waals surface area contributed by atoms with Gasteiger partial charge in [-0.05, 0) is 36.6 Å². The van der Waals surface area contributed by atoms with Crippen LogP contribution in [-0.2, 0) is 0 Å². The largest absolute Gasteiger partial charge is 0.337 e. The van der Waals surface area contributed by atoms with E-state index >= 15 is 0 Å². The number of nitrogens with zero attached hydrogens (tertiary/aromatic N) is 2. The average Bonchev–Trinajstić information content (AvgIpc) is 2.89. The van der Waals surface area contributed by atoms with Crippen molar-refractivity contribution in [3.8, 4) is 11.4 Å². The van der Waals surface area contributed by atoms with Gasteiger partial charge >= 0.3 is 0 Å². The van der Waals surface area contributed by atoms with E-state index in [1.807, 2.05) is 6.26 Å². The number of hydrogen-bond acceptors (Lipinski definition) is 5. The van der Waals surface area contributed by atoms with Gasteiger partial charge in [0.15, 0.2) is 11.6 Å². The number of hydrogen-bond donors (Lipinski definition) is 1. The van der Waals surface area contributed by atoms with Crippen molar-refractivity contribution in [2.45, 2.75) is 12.5 Å². The first kappa shape index (κ1) is 14.0. The van der Waals surface area contributed by atoms with E-state index < -0.39 is 11.6 Å². The van der Waals surface area contributed by atoms with Gasteiger partial charge in [0.25, 0.3) is 0 Å². The van der Waals surface area contributed by atoms with Crippen LogP contribution in [0.3, 0.4) is 0 Å². The summed E-state index contributed by atoms with van der Waals surface area (Å²) in [5.74, 6) is -0.480. The molecule has 0 saturated carbocycles. The van der Waals surface area contributed by atoms with Gasteiger partial charge in [-0.2, -0.15) is 16.7 Å². The predicted octanol–water partition coefficient (Wildman–Crippen LogP) is 2.77. The first-order valence-corrected chi connectivity index (χ1v) is 7.04. The summed E-state index contributed by atoms with van der Waals surface area (Å²) >= 11 is 1.67. The number of nitrogens with two attached hydrogens (primary N) is 1. The molecule has 0 spiro atoms. The summed E-state index contributed by atoms with van der Waals surface area (Å²) in [6.45, 7) is 0. The Morgan fingerprint density at radius 2 is 2.16 bits per heavy atom. The van der Waals surface area contributed by atoms with Crippen LogP contribution in [0.2, 0.25) is 0 Å². The highest BCUT2D eigenvalue weighted by atomic mass is 32.2. The molecule has 0 aliphatic rings. The zero-order valence-electron chi connectivity index (χ0n) is 10.3. The molecule has 2 rings (SSSR count). The smallest absolute Gasteiger partial charge is 0.243 e. The van der Waals surface area contributed by atoms with Crippen molar-refractivity contribution in [2.75, 3.05) is 12.0 Å². The van der Waals surface area contributed by atoms with Gasteiger partial charge in [-0.15, -0.1) is 0 Å². The van der Waals surface area contributed by atoms with Gasteiger partial charge in [-0.3, -0.25) is 0 Å². The molecule has 0 radical (unpaired) electrons. The fraction of sp³-hybridized carbons (Fsp3) is 0.333. The van der Waals surface area contributed by atoms with Crippen molar-refractivity contribution < 1.29 is 13.3 Å². The third kappa shape index (κ3) is 3.30. The van der Waals surface area contributed by atoms with E-state index in [1.165, 1.54) is 6.07 Å². The van der Waals surface area contributed by atoms with Gasteiger partial charge in [0, 0.05) is 5.56 Å². The Morgan fingerprint density at radius 3 is 2.84 bits per heavy atom. The molecule has 1 aromatic carbocycles. The minimum absolute atomic E-state index is 0.202. The Balaban J connectivity index is 2.18. The molecule has 1 heterocycles. The molecule has 0 unspecified atom stereocenters. The predicted molar refractivity (Wildman–Crippen MR) is 69.6 cm³/mol. The lowest BCUT2D eigenvalue weighted by Crippen LogP contribution is -2.11. The first-order valence-electron chi connectivity index (χ1n) is 5.65. The number of rotatable bonds is 5. The van der Waals surface area contributed by atoms with Crippen LogP contribution in [0, 0.1) is 11.6 Å². The number of aromatic nitrogens is 2. The quantitative estimate of drug-likeness (QED) is 0.915. The second-order valence-electron chi connectivity index (χ2n) is 3.97. The fourth-order valence-corrected chi connectivity index (χ4v) is 2.00. The van der Waals surface area contributed by atoms with Crippen LogP contribution in [0.15, 0.2) is 22.7 Å².